The summed E-state index contributed by atoms with van der Waals surface area (Å²) in [5, 5.41) is 4.64. The van der Waals surface area contributed by atoms with Crippen LogP contribution in [-0.4, -0.2) is 17.6 Å². The molecule has 0 bridgehead atoms. The Hall–Kier alpha value is -1.67. The molecule has 1 aromatic carbocycles. The maximum atomic E-state index is 4.72. The normalized spacial score (nSPS) is 12.3. The summed E-state index contributed by atoms with van der Waals surface area (Å²) in [5.41, 5.74) is 3.62. The molecular formula is C18H24N2. The molecule has 20 heavy (non-hydrogen) atoms. The van der Waals surface area contributed by atoms with Crippen LogP contribution in [0.15, 0.2) is 48.0 Å². The molecule has 0 saturated heterocycles. The Balaban J connectivity index is 1.95. The molecule has 106 valence electrons. The number of pyridine rings is 1. The molecule has 0 aliphatic heterocycles. The fourth-order valence-electron chi connectivity index (χ4n) is 2.26. The second kappa shape index (κ2) is 7.20. The van der Waals surface area contributed by atoms with Crippen LogP contribution in [0.3, 0.4) is 0 Å². The summed E-state index contributed by atoms with van der Waals surface area (Å²) in [4.78, 5) is 4.72. The van der Waals surface area contributed by atoms with Crippen molar-refractivity contribution in [1.29, 1.82) is 0 Å². The number of hydrogen-bond acceptors (Lipinski definition) is 2. The van der Waals surface area contributed by atoms with E-state index in [2.05, 4.69) is 62.5 Å². The van der Waals surface area contributed by atoms with Crippen molar-refractivity contribution in [3.63, 3.8) is 0 Å². The van der Waals surface area contributed by atoms with Gasteiger partial charge in [0.2, 0.25) is 0 Å². The van der Waals surface area contributed by atoms with Crippen LogP contribution in [0.5, 0.6) is 0 Å². The van der Waals surface area contributed by atoms with Crippen molar-refractivity contribution >= 4 is 10.9 Å². The average Bonchev–Trinajstić information content (AvgIpc) is 2.43. The van der Waals surface area contributed by atoms with E-state index in [0.29, 0.717) is 6.04 Å². The van der Waals surface area contributed by atoms with Gasteiger partial charge in [-0.3, -0.25) is 4.98 Å². The van der Waals surface area contributed by atoms with Crippen molar-refractivity contribution in [2.75, 3.05) is 6.54 Å². The Morgan fingerprint density at radius 2 is 2.00 bits per heavy atom. The minimum atomic E-state index is 0.561. The number of aromatic nitrogens is 1. The summed E-state index contributed by atoms with van der Waals surface area (Å²) >= 11 is 0. The van der Waals surface area contributed by atoms with Gasteiger partial charge < -0.3 is 5.32 Å². The fourth-order valence-corrected chi connectivity index (χ4v) is 2.26. The minimum absolute atomic E-state index is 0.561. The first kappa shape index (κ1) is 14.7. The molecule has 0 radical (unpaired) electrons. The molecule has 1 aromatic heterocycles. The number of benzene rings is 1. The summed E-state index contributed by atoms with van der Waals surface area (Å²) in [6.07, 6.45) is 4.33. The number of rotatable bonds is 6. The van der Waals surface area contributed by atoms with Crippen molar-refractivity contribution in [2.45, 2.75) is 39.7 Å². The zero-order chi connectivity index (χ0) is 14.4. The third-order valence-corrected chi connectivity index (χ3v) is 3.31. The lowest BCUT2D eigenvalue weighted by Crippen LogP contribution is -2.23. The number of para-hydroxylation sites is 1. The van der Waals surface area contributed by atoms with Gasteiger partial charge in [0.25, 0.3) is 0 Å². The van der Waals surface area contributed by atoms with Crippen LogP contribution in [0.4, 0.5) is 0 Å². The van der Waals surface area contributed by atoms with Crippen LogP contribution < -0.4 is 5.32 Å². The lowest BCUT2D eigenvalue weighted by molar-refractivity contribution is 0.594. The molecule has 1 N–H and O–H groups in total. The van der Waals surface area contributed by atoms with Gasteiger partial charge in [-0.2, -0.15) is 0 Å². The maximum Gasteiger partial charge on any atom is 0.0705 e. The second-order valence-corrected chi connectivity index (χ2v) is 5.62. The van der Waals surface area contributed by atoms with Crippen molar-refractivity contribution < 1.29 is 0 Å². The zero-order valence-corrected chi connectivity index (χ0v) is 12.7. The van der Waals surface area contributed by atoms with Gasteiger partial charge in [-0.1, -0.05) is 49.8 Å². The number of hydrogen-bond donors (Lipinski definition) is 1. The largest absolute Gasteiger partial charge is 0.314 e. The molecule has 2 rings (SSSR count). The maximum absolute atomic E-state index is 4.72. The second-order valence-electron chi connectivity index (χ2n) is 5.62. The van der Waals surface area contributed by atoms with E-state index in [1.807, 2.05) is 6.07 Å². The molecule has 2 heteroatoms. The van der Waals surface area contributed by atoms with Gasteiger partial charge in [-0.25, -0.2) is 0 Å². The first-order valence-electron chi connectivity index (χ1n) is 7.39. The van der Waals surface area contributed by atoms with Crippen LogP contribution in [0.2, 0.25) is 0 Å². The van der Waals surface area contributed by atoms with Gasteiger partial charge in [0.05, 0.1) is 5.52 Å². The molecule has 0 fully saturated rings. The van der Waals surface area contributed by atoms with Gasteiger partial charge in [0, 0.05) is 23.5 Å². The predicted molar refractivity (Wildman–Crippen MR) is 87.0 cm³/mol. The zero-order valence-electron chi connectivity index (χ0n) is 12.7. The highest BCUT2D eigenvalue weighted by molar-refractivity contribution is 5.78. The smallest absolute Gasteiger partial charge is 0.0705 e. The molecular weight excluding hydrogens is 244 g/mol. The lowest BCUT2D eigenvalue weighted by atomic mass is 10.1. The Morgan fingerprint density at radius 1 is 1.20 bits per heavy atom. The Labute approximate surface area is 121 Å². The highest BCUT2D eigenvalue weighted by Gasteiger charge is 1.99. The van der Waals surface area contributed by atoms with E-state index < -0.39 is 0 Å². The van der Waals surface area contributed by atoms with E-state index in [1.54, 1.807) is 0 Å². The Morgan fingerprint density at radius 3 is 2.80 bits per heavy atom. The number of nitrogens with zero attached hydrogens (tertiary/aromatic N) is 1. The van der Waals surface area contributed by atoms with Crippen LogP contribution in [0.25, 0.3) is 10.9 Å². The summed E-state index contributed by atoms with van der Waals surface area (Å²) < 4.78 is 0. The Kier molecular flexibility index (Phi) is 5.31. The number of allylic oxidation sites excluding steroid dienone is 1. The van der Waals surface area contributed by atoms with E-state index >= 15 is 0 Å². The highest BCUT2D eigenvalue weighted by atomic mass is 14.9. The topological polar surface area (TPSA) is 24.9 Å². The van der Waals surface area contributed by atoms with Crippen LogP contribution in [-0.2, 0) is 6.42 Å². The Bertz CT molecular complexity index is 585. The first-order valence-corrected chi connectivity index (χ1v) is 7.39. The molecule has 1 heterocycles. The molecule has 0 amide bonds. The fraction of sp³-hybridized carbons (Fsp3) is 0.389. The monoisotopic (exact) mass is 268 g/mol. The van der Waals surface area contributed by atoms with E-state index in [-0.39, 0.29) is 0 Å². The first-order chi connectivity index (χ1) is 9.65. The van der Waals surface area contributed by atoms with Gasteiger partial charge in [-0.05, 0) is 32.0 Å². The van der Waals surface area contributed by atoms with Crippen LogP contribution in [0, 0.1) is 0 Å². The van der Waals surface area contributed by atoms with Crippen molar-refractivity contribution in [2.24, 2.45) is 0 Å². The molecule has 0 saturated carbocycles. The number of fused-ring (bicyclic) bond motifs is 1. The molecule has 2 aromatic rings. The highest BCUT2D eigenvalue weighted by Crippen LogP contribution is 2.14. The van der Waals surface area contributed by atoms with Gasteiger partial charge in [-0.15, -0.1) is 0 Å². The van der Waals surface area contributed by atoms with Crippen LogP contribution >= 0.6 is 0 Å². The van der Waals surface area contributed by atoms with E-state index in [0.717, 1.165) is 30.6 Å². The average molecular weight is 268 g/mol. The van der Waals surface area contributed by atoms with Gasteiger partial charge >= 0.3 is 0 Å². The summed E-state index contributed by atoms with van der Waals surface area (Å²) in [6.45, 7) is 7.58. The van der Waals surface area contributed by atoms with E-state index in [9.17, 15) is 0 Å². The summed E-state index contributed by atoms with van der Waals surface area (Å²) in [7, 11) is 0. The van der Waals surface area contributed by atoms with E-state index in [4.69, 9.17) is 4.98 Å². The molecule has 0 spiro atoms. The van der Waals surface area contributed by atoms with Crippen LogP contribution in [0.1, 0.15) is 32.9 Å². The predicted octanol–water partition coefficient (Wildman–Crippen LogP) is 4.11. The van der Waals surface area contributed by atoms with Gasteiger partial charge in [0.1, 0.15) is 0 Å². The van der Waals surface area contributed by atoms with Crippen molar-refractivity contribution in [3.05, 3.63) is 53.7 Å². The van der Waals surface area contributed by atoms with Crippen molar-refractivity contribution in [1.82, 2.24) is 10.3 Å². The summed E-state index contributed by atoms with van der Waals surface area (Å²) in [6, 6.07) is 13.1. The van der Waals surface area contributed by atoms with Crippen molar-refractivity contribution in [3.8, 4) is 0 Å². The minimum Gasteiger partial charge on any atom is -0.314 e. The summed E-state index contributed by atoms with van der Waals surface area (Å²) in [5.74, 6) is 0. The third-order valence-electron chi connectivity index (χ3n) is 3.31. The molecule has 0 aliphatic carbocycles. The molecule has 0 atom stereocenters. The number of nitrogens with one attached hydrogen (secondary N) is 1. The van der Waals surface area contributed by atoms with E-state index in [1.165, 1.54) is 11.0 Å². The standard InChI is InChI=1S/C18H24N2/c1-14(2)19-12-6-7-15(3)13-17-11-10-16-8-4-5-9-18(16)20-17/h4-5,7-11,14,19H,6,12-13H2,1-3H3. The molecule has 2 nitrogen and oxygen atoms in total. The third kappa shape index (κ3) is 4.46. The lowest BCUT2D eigenvalue weighted by Gasteiger charge is -2.07. The van der Waals surface area contributed by atoms with Gasteiger partial charge in [0.15, 0.2) is 0 Å². The molecule has 0 unspecified atom stereocenters. The molecule has 0 aliphatic rings. The quantitative estimate of drug-likeness (QED) is 0.630. The SMILES string of the molecule is CC(=CCCNC(C)C)Cc1ccc2ccccc2n1.